The largest absolute Gasteiger partial charge is 0.381 e. The first-order valence-electron chi connectivity index (χ1n) is 4.86. The molecular weight excluding hydrogens is 214 g/mol. The standard InChI is InChI=1S/C9H13N3O2S/c13-8(12-9-10-2-4-15-9)11-5-7-1-3-14-6-7/h2,4,7H,1,3,5-6H2,(H2,10,11,12,13)/t7-/m0/s1. The van der Waals surface area contributed by atoms with Gasteiger partial charge < -0.3 is 10.1 Å². The van der Waals surface area contributed by atoms with Gasteiger partial charge >= 0.3 is 6.03 Å². The first-order valence-corrected chi connectivity index (χ1v) is 5.74. The van der Waals surface area contributed by atoms with Gasteiger partial charge in [0.1, 0.15) is 0 Å². The van der Waals surface area contributed by atoms with Crippen LogP contribution in [0.4, 0.5) is 9.93 Å². The fourth-order valence-corrected chi connectivity index (χ4v) is 1.93. The number of carbonyl (C=O) groups is 1. The smallest absolute Gasteiger partial charge is 0.321 e. The molecular formula is C9H13N3O2S. The number of nitrogens with one attached hydrogen (secondary N) is 2. The van der Waals surface area contributed by atoms with Gasteiger partial charge in [-0.1, -0.05) is 0 Å². The number of aromatic nitrogens is 1. The highest BCUT2D eigenvalue weighted by Gasteiger charge is 2.16. The van der Waals surface area contributed by atoms with E-state index >= 15 is 0 Å². The van der Waals surface area contributed by atoms with Crippen LogP contribution in [-0.4, -0.2) is 30.8 Å². The highest BCUT2D eigenvalue weighted by atomic mass is 32.1. The van der Waals surface area contributed by atoms with Crippen molar-refractivity contribution in [2.24, 2.45) is 5.92 Å². The number of hydrogen-bond donors (Lipinski definition) is 2. The van der Waals surface area contributed by atoms with E-state index in [9.17, 15) is 4.79 Å². The van der Waals surface area contributed by atoms with Crippen LogP contribution in [-0.2, 0) is 4.74 Å². The van der Waals surface area contributed by atoms with Crippen molar-refractivity contribution in [2.45, 2.75) is 6.42 Å². The van der Waals surface area contributed by atoms with Crippen molar-refractivity contribution < 1.29 is 9.53 Å². The Morgan fingerprint density at radius 1 is 1.73 bits per heavy atom. The van der Waals surface area contributed by atoms with Crippen molar-refractivity contribution in [3.63, 3.8) is 0 Å². The molecule has 0 bridgehead atoms. The summed E-state index contributed by atoms with van der Waals surface area (Å²) in [6.07, 6.45) is 2.68. The van der Waals surface area contributed by atoms with Crippen LogP contribution in [0.15, 0.2) is 11.6 Å². The molecule has 1 fully saturated rings. The number of amides is 2. The van der Waals surface area contributed by atoms with Crippen molar-refractivity contribution in [3.05, 3.63) is 11.6 Å². The minimum absolute atomic E-state index is 0.197. The number of anilines is 1. The molecule has 0 unspecified atom stereocenters. The van der Waals surface area contributed by atoms with Gasteiger partial charge in [0.15, 0.2) is 5.13 Å². The average Bonchev–Trinajstić information content (AvgIpc) is 2.86. The summed E-state index contributed by atoms with van der Waals surface area (Å²) in [5.41, 5.74) is 0. The Labute approximate surface area is 91.9 Å². The molecule has 0 aromatic carbocycles. The highest BCUT2D eigenvalue weighted by Crippen LogP contribution is 2.11. The highest BCUT2D eigenvalue weighted by molar-refractivity contribution is 7.13. The van der Waals surface area contributed by atoms with Gasteiger partial charge in [-0.25, -0.2) is 9.78 Å². The third-order valence-electron chi connectivity index (χ3n) is 2.23. The first kappa shape index (κ1) is 10.4. The zero-order chi connectivity index (χ0) is 10.5. The average molecular weight is 227 g/mol. The monoisotopic (exact) mass is 227 g/mol. The van der Waals surface area contributed by atoms with Crippen molar-refractivity contribution in [3.8, 4) is 0 Å². The first-order chi connectivity index (χ1) is 7.34. The van der Waals surface area contributed by atoms with Crippen LogP contribution in [0, 0.1) is 5.92 Å². The molecule has 6 heteroatoms. The van der Waals surface area contributed by atoms with Gasteiger partial charge in [-0.2, -0.15) is 0 Å². The lowest BCUT2D eigenvalue weighted by Crippen LogP contribution is -2.33. The Bertz CT molecular complexity index is 309. The summed E-state index contributed by atoms with van der Waals surface area (Å²) >= 11 is 1.40. The fraction of sp³-hybridized carbons (Fsp3) is 0.556. The number of urea groups is 1. The quantitative estimate of drug-likeness (QED) is 0.818. The number of hydrogen-bond acceptors (Lipinski definition) is 4. The Kier molecular flexibility index (Phi) is 3.52. The lowest BCUT2D eigenvalue weighted by atomic mass is 10.1. The molecule has 0 radical (unpaired) electrons. The topological polar surface area (TPSA) is 63.2 Å². The van der Waals surface area contributed by atoms with E-state index in [-0.39, 0.29) is 6.03 Å². The Morgan fingerprint density at radius 2 is 2.67 bits per heavy atom. The summed E-state index contributed by atoms with van der Waals surface area (Å²) in [6, 6.07) is -0.197. The summed E-state index contributed by atoms with van der Waals surface area (Å²) < 4.78 is 5.21. The lowest BCUT2D eigenvalue weighted by Gasteiger charge is -2.09. The summed E-state index contributed by atoms with van der Waals surface area (Å²) in [7, 11) is 0. The summed E-state index contributed by atoms with van der Waals surface area (Å²) in [5, 5.41) is 7.90. The molecule has 2 N–H and O–H groups in total. The molecule has 0 spiro atoms. The van der Waals surface area contributed by atoms with E-state index in [1.54, 1.807) is 6.20 Å². The summed E-state index contributed by atoms with van der Waals surface area (Å²) in [4.78, 5) is 15.3. The second-order valence-electron chi connectivity index (χ2n) is 3.40. The fourth-order valence-electron chi connectivity index (χ4n) is 1.41. The molecule has 1 aliphatic heterocycles. The molecule has 0 aliphatic carbocycles. The number of thiazole rings is 1. The summed E-state index contributed by atoms with van der Waals surface area (Å²) in [5.74, 6) is 0.451. The minimum Gasteiger partial charge on any atom is -0.381 e. The second kappa shape index (κ2) is 5.09. The molecule has 2 amide bonds. The number of ether oxygens (including phenoxy) is 1. The van der Waals surface area contributed by atoms with E-state index in [4.69, 9.17) is 4.74 Å². The zero-order valence-corrected chi connectivity index (χ0v) is 9.05. The van der Waals surface area contributed by atoms with Gasteiger partial charge in [-0.15, -0.1) is 11.3 Å². The van der Waals surface area contributed by atoms with Crippen LogP contribution in [0.1, 0.15) is 6.42 Å². The van der Waals surface area contributed by atoms with E-state index in [1.807, 2.05) is 5.38 Å². The predicted molar refractivity (Wildman–Crippen MR) is 58.1 cm³/mol. The number of nitrogens with zero attached hydrogens (tertiary/aromatic N) is 1. The molecule has 1 aromatic rings. The zero-order valence-electron chi connectivity index (χ0n) is 8.23. The normalized spacial score (nSPS) is 20.1. The number of rotatable bonds is 3. The molecule has 2 rings (SSSR count). The van der Waals surface area contributed by atoms with Crippen molar-refractivity contribution in [1.82, 2.24) is 10.3 Å². The molecule has 1 atom stereocenters. The molecule has 1 saturated heterocycles. The molecule has 82 valence electrons. The third-order valence-corrected chi connectivity index (χ3v) is 2.92. The van der Waals surface area contributed by atoms with Crippen molar-refractivity contribution in [2.75, 3.05) is 25.1 Å². The maximum Gasteiger partial charge on any atom is 0.321 e. The van der Waals surface area contributed by atoms with Gasteiger partial charge in [-0.3, -0.25) is 5.32 Å². The predicted octanol–water partition coefficient (Wildman–Crippen LogP) is 1.30. The van der Waals surface area contributed by atoms with Gasteiger partial charge in [-0.05, 0) is 6.42 Å². The molecule has 1 aromatic heterocycles. The second-order valence-corrected chi connectivity index (χ2v) is 4.30. The van der Waals surface area contributed by atoms with Crippen LogP contribution in [0.3, 0.4) is 0 Å². The lowest BCUT2D eigenvalue weighted by molar-refractivity contribution is 0.185. The van der Waals surface area contributed by atoms with E-state index in [2.05, 4.69) is 15.6 Å². The maximum atomic E-state index is 11.4. The van der Waals surface area contributed by atoms with E-state index in [1.165, 1.54) is 11.3 Å². The maximum absolute atomic E-state index is 11.4. The molecule has 2 heterocycles. The SMILES string of the molecule is O=C(NC[C@@H]1CCOC1)Nc1nccs1. The van der Waals surface area contributed by atoms with Crippen LogP contribution in [0.5, 0.6) is 0 Å². The van der Waals surface area contributed by atoms with E-state index in [0.717, 1.165) is 19.6 Å². The van der Waals surface area contributed by atoms with Crippen LogP contribution in [0.25, 0.3) is 0 Å². The molecule has 5 nitrogen and oxygen atoms in total. The third kappa shape index (κ3) is 3.17. The van der Waals surface area contributed by atoms with Gasteiger partial charge in [0, 0.05) is 30.6 Å². The van der Waals surface area contributed by atoms with Crippen LogP contribution in [0.2, 0.25) is 0 Å². The van der Waals surface area contributed by atoms with E-state index < -0.39 is 0 Å². The molecule has 1 aliphatic rings. The van der Waals surface area contributed by atoms with Crippen LogP contribution >= 0.6 is 11.3 Å². The Balaban J connectivity index is 1.68. The minimum atomic E-state index is -0.197. The van der Waals surface area contributed by atoms with Crippen LogP contribution < -0.4 is 10.6 Å². The molecule has 0 saturated carbocycles. The van der Waals surface area contributed by atoms with E-state index in [0.29, 0.717) is 17.6 Å². The van der Waals surface area contributed by atoms with Gasteiger partial charge in [0.25, 0.3) is 0 Å². The van der Waals surface area contributed by atoms with Gasteiger partial charge in [0.05, 0.1) is 6.61 Å². The Morgan fingerprint density at radius 3 is 3.33 bits per heavy atom. The summed E-state index contributed by atoms with van der Waals surface area (Å²) in [6.45, 7) is 2.22. The van der Waals surface area contributed by atoms with Gasteiger partial charge in [0.2, 0.25) is 0 Å². The van der Waals surface area contributed by atoms with Crippen molar-refractivity contribution >= 4 is 22.5 Å². The molecule has 15 heavy (non-hydrogen) atoms. The van der Waals surface area contributed by atoms with Crippen molar-refractivity contribution in [1.29, 1.82) is 0 Å². The Hall–Kier alpha value is -1.14. The number of carbonyl (C=O) groups excluding carboxylic acids is 1.